The van der Waals surface area contributed by atoms with Gasteiger partial charge in [0.25, 0.3) is 0 Å². The van der Waals surface area contributed by atoms with Crippen LogP contribution in [0.15, 0.2) is 47.4 Å². The maximum Gasteiger partial charge on any atom is 0.0452 e. The van der Waals surface area contributed by atoms with Gasteiger partial charge in [-0.2, -0.15) is 0 Å². The van der Waals surface area contributed by atoms with E-state index >= 15 is 0 Å². The first kappa shape index (κ1) is 12.8. The summed E-state index contributed by atoms with van der Waals surface area (Å²) >= 11 is 1.69. The number of hydrogen-bond acceptors (Lipinski definition) is 3. The van der Waals surface area contributed by atoms with Gasteiger partial charge in [-0.1, -0.05) is 18.2 Å². The number of benzene rings is 2. The molecule has 0 aliphatic carbocycles. The minimum atomic E-state index is 0.858. The summed E-state index contributed by atoms with van der Waals surface area (Å²) in [7, 11) is 1.93. The summed E-state index contributed by atoms with van der Waals surface area (Å²) in [6.45, 7) is 0. The van der Waals surface area contributed by atoms with E-state index in [1.54, 1.807) is 11.8 Å². The van der Waals surface area contributed by atoms with Crippen molar-refractivity contribution < 1.29 is 0 Å². The Morgan fingerprint density at radius 3 is 2.33 bits per heavy atom. The van der Waals surface area contributed by atoms with E-state index in [0.29, 0.717) is 0 Å². The standard InChI is InChI=1S/C15H18N2S/c1-17-13-6-3-11(4-7-13)9-12-5-8-14(16)15(10-12)18-2/h3-8,10,17H,9,16H2,1-2H3. The molecule has 0 bridgehead atoms. The number of nitrogens with one attached hydrogen (secondary N) is 1. The topological polar surface area (TPSA) is 38.0 Å². The Morgan fingerprint density at radius 2 is 1.72 bits per heavy atom. The van der Waals surface area contributed by atoms with Crippen LogP contribution in [0.4, 0.5) is 11.4 Å². The first-order valence-electron chi connectivity index (χ1n) is 5.92. The maximum atomic E-state index is 5.90. The fraction of sp³-hybridized carbons (Fsp3) is 0.200. The smallest absolute Gasteiger partial charge is 0.0452 e. The van der Waals surface area contributed by atoms with Crippen LogP contribution in [0, 0.1) is 0 Å². The van der Waals surface area contributed by atoms with Crippen LogP contribution in [0.2, 0.25) is 0 Å². The Labute approximate surface area is 113 Å². The zero-order valence-electron chi connectivity index (χ0n) is 10.7. The molecule has 0 amide bonds. The zero-order chi connectivity index (χ0) is 13.0. The fourth-order valence-electron chi connectivity index (χ4n) is 1.89. The Kier molecular flexibility index (Phi) is 4.15. The highest BCUT2D eigenvalue weighted by Gasteiger charge is 2.01. The van der Waals surface area contributed by atoms with Crippen molar-refractivity contribution in [2.75, 3.05) is 24.4 Å². The molecule has 94 valence electrons. The largest absolute Gasteiger partial charge is 0.398 e. The van der Waals surface area contributed by atoms with Crippen LogP contribution in [0.25, 0.3) is 0 Å². The Morgan fingerprint density at radius 1 is 1.06 bits per heavy atom. The van der Waals surface area contributed by atoms with Crippen LogP contribution in [0.3, 0.4) is 0 Å². The van der Waals surface area contributed by atoms with Gasteiger partial charge in [0.05, 0.1) is 0 Å². The average Bonchev–Trinajstić information content (AvgIpc) is 2.42. The van der Waals surface area contributed by atoms with Gasteiger partial charge in [0, 0.05) is 23.3 Å². The Bertz CT molecular complexity index is 521. The van der Waals surface area contributed by atoms with Crippen LogP contribution in [0.5, 0.6) is 0 Å². The lowest BCUT2D eigenvalue weighted by atomic mass is 10.0. The van der Waals surface area contributed by atoms with Crippen molar-refractivity contribution in [1.29, 1.82) is 0 Å². The first-order valence-corrected chi connectivity index (χ1v) is 7.14. The van der Waals surface area contributed by atoms with Gasteiger partial charge >= 0.3 is 0 Å². The van der Waals surface area contributed by atoms with Gasteiger partial charge < -0.3 is 11.1 Å². The monoisotopic (exact) mass is 258 g/mol. The molecule has 0 aliphatic heterocycles. The summed E-state index contributed by atoms with van der Waals surface area (Å²) in [5, 5.41) is 3.12. The van der Waals surface area contributed by atoms with E-state index in [2.05, 4.69) is 48.0 Å². The van der Waals surface area contributed by atoms with Crippen LogP contribution in [0.1, 0.15) is 11.1 Å². The Hall–Kier alpha value is -1.61. The summed E-state index contributed by atoms with van der Waals surface area (Å²) in [6, 6.07) is 14.8. The normalized spacial score (nSPS) is 10.3. The molecule has 0 fully saturated rings. The molecule has 0 atom stereocenters. The van der Waals surface area contributed by atoms with Gasteiger partial charge in [-0.15, -0.1) is 11.8 Å². The number of nitrogens with two attached hydrogens (primary N) is 1. The van der Waals surface area contributed by atoms with E-state index in [4.69, 9.17) is 5.73 Å². The van der Waals surface area contributed by atoms with Crippen molar-refractivity contribution in [3.05, 3.63) is 53.6 Å². The molecule has 0 saturated heterocycles. The van der Waals surface area contributed by atoms with Crippen LogP contribution in [-0.2, 0) is 6.42 Å². The number of rotatable bonds is 4. The van der Waals surface area contributed by atoms with Crippen molar-refractivity contribution in [3.63, 3.8) is 0 Å². The summed E-state index contributed by atoms with van der Waals surface area (Å²) in [4.78, 5) is 1.15. The summed E-state index contributed by atoms with van der Waals surface area (Å²) in [5.41, 5.74) is 10.5. The second-order valence-electron chi connectivity index (χ2n) is 4.20. The lowest BCUT2D eigenvalue weighted by molar-refractivity contribution is 1.17. The van der Waals surface area contributed by atoms with Crippen molar-refractivity contribution in [1.82, 2.24) is 0 Å². The highest BCUT2D eigenvalue weighted by Crippen LogP contribution is 2.25. The molecule has 3 heteroatoms. The zero-order valence-corrected chi connectivity index (χ0v) is 11.6. The fourth-order valence-corrected chi connectivity index (χ4v) is 2.46. The SMILES string of the molecule is CNc1ccc(Cc2ccc(N)c(SC)c2)cc1. The highest BCUT2D eigenvalue weighted by molar-refractivity contribution is 7.98. The van der Waals surface area contributed by atoms with Crippen LogP contribution in [-0.4, -0.2) is 13.3 Å². The number of hydrogen-bond donors (Lipinski definition) is 2. The first-order chi connectivity index (χ1) is 8.72. The Balaban J connectivity index is 2.17. The number of thioether (sulfide) groups is 1. The van der Waals surface area contributed by atoms with Gasteiger partial charge in [0.15, 0.2) is 0 Å². The molecule has 18 heavy (non-hydrogen) atoms. The van der Waals surface area contributed by atoms with E-state index in [1.807, 2.05) is 13.1 Å². The molecule has 0 aliphatic rings. The van der Waals surface area contributed by atoms with E-state index < -0.39 is 0 Å². The van der Waals surface area contributed by atoms with Gasteiger partial charge in [-0.05, 0) is 48.1 Å². The molecule has 2 nitrogen and oxygen atoms in total. The molecule has 0 heterocycles. The predicted octanol–water partition coefficient (Wildman–Crippen LogP) is 3.62. The molecule has 0 unspecified atom stereocenters. The minimum absolute atomic E-state index is 0.858. The third-order valence-corrected chi connectivity index (χ3v) is 3.74. The van der Waals surface area contributed by atoms with Crippen LogP contribution >= 0.6 is 11.8 Å². The van der Waals surface area contributed by atoms with Crippen molar-refractivity contribution in [2.24, 2.45) is 0 Å². The summed E-state index contributed by atoms with van der Waals surface area (Å²) < 4.78 is 0. The molecule has 0 radical (unpaired) electrons. The van der Waals surface area contributed by atoms with Gasteiger partial charge in [-0.25, -0.2) is 0 Å². The molecular weight excluding hydrogens is 240 g/mol. The molecule has 3 N–H and O–H groups in total. The molecule has 2 aromatic carbocycles. The lowest BCUT2D eigenvalue weighted by Crippen LogP contribution is -1.93. The van der Waals surface area contributed by atoms with Crippen molar-refractivity contribution in [2.45, 2.75) is 11.3 Å². The quantitative estimate of drug-likeness (QED) is 0.649. The minimum Gasteiger partial charge on any atom is -0.398 e. The van der Waals surface area contributed by atoms with Gasteiger partial charge in [0.2, 0.25) is 0 Å². The molecule has 2 rings (SSSR count). The molecule has 0 aromatic heterocycles. The van der Waals surface area contributed by atoms with Crippen molar-refractivity contribution >= 4 is 23.1 Å². The van der Waals surface area contributed by atoms with Gasteiger partial charge in [-0.3, -0.25) is 0 Å². The van der Waals surface area contributed by atoms with E-state index in [-0.39, 0.29) is 0 Å². The number of nitrogen functional groups attached to an aromatic ring is 1. The molecule has 2 aromatic rings. The van der Waals surface area contributed by atoms with E-state index in [0.717, 1.165) is 22.7 Å². The molecule has 0 spiro atoms. The second kappa shape index (κ2) is 5.83. The third-order valence-electron chi connectivity index (χ3n) is 2.95. The summed E-state index contributed by atoms with van der Waals surface area (Å²) in [5.74, 6) is 0. The van der Waals surface area contributed by atoms with Gasteiger partial charge in [0.1, 0.15) is 0 Å². The second-order valence-corrected chi connectivity index (χ2v) is 5.05. The van der Waals surface area contributed by atoms with E-state index in [1.165, 1.54) is 11.1 Å². The number of anilines is 2. The maximum absolute atomic E-state index is 5.90. The average molecular weight is 258 g/mol. The molecular formula is C15H18N2S. The van der Waals surface area contributed by atoms with Crippen LogP contribution < -0.4 is 11.1 Å². The predicted molar refractivity (Wildman–Crippen MR) is 81.4 cm³/mol. The third kappa shape index (κ3) is 2.99. The highest BCUT2D eigenvalue weighted by atomic mass is 32.2. The summed E-state index contributed by atoms with van der Waals surface area (Å²) in [6.07, 6.45) is 3.00. The lowest BCUT2D eigenvalue weighted by Gasteiger charge is -2.07. The van der Waals surface area contributed by atoms with Crippen molar-refractivity contribution in [3.8, 4) is 0 Å². The van der Waals surface area contributed by atoms with E-state index in [9.17, 15) is 0 Å². The molecule has 0 saturated carbocycles.